The molecule has 9 heteroatoms. The number of nitro benzene ring substituents is 1. The Kier molecular flexibility index (Phi) is 5.48. The van der Waals surface area contributed by atoms with Crippen LogP contribution in [0, 0.1) is 24.0 Å². The highest BCUT2D eigenvalue weighted by molar-refractivity contribution is 7.89. The van der Waals surface area contributed by atoms with E-state index in [-0.39, 0.29) is 48.2 Å². The van der Waals surface area contributed by atoms with Crippen LogP contribution in [0.3, 0.4) is 0 Å². The fourth-order valence-corrected chi connectivity index (χ4v) is 4.92. The van der Waals surface area contributed by atoms with Crippen molar-refractivity contribution in [3.05, 3.63) is 69.3 Å². The number of non-ortho nitro benzene ring substituents is 1. The Morgan fingerprint density at radius 2 is 1.71 bits per heavy atom. The lowest BCUT2D eigenvalue weighted by molar-refractivity contribution is -0.384. The van der Waals surface area contributed by atoms with Gasteiger partial charge in [0.15, 0.2) is 0 Å². The van der Waals surface area contributed by atoms with Gasteiger partial charge in [-0.2, -0.15) is 4.31 Å². The van der Waals surface area contributed by atoms with E-state index >= 15 is 0 Å². The zero-order chi connectivity index (χ0) is 20.5. The average Bonchev–Trinajstić information content (AvgIpc) is 2.67. The van der Waals surface area contributed by atoms with Crippen molar-refractivity contribution in [2.75, 3.05) is 26.2 Å². The third-order valence-electron chi connectivity index (χ3n) is 4.78. The molecular weight excluding hydrogens is 382 g/mol. The molecule has 0 bridgehead atoms. The quantitative estimate of drug-likeness (QED) is 0.576. The predicted molar refractivity (Wildman–Crippen MR) is 104 cm³/mol. The van der Waals surface area contributed by atoms with Gasteiger partial charge in [-0.15, -0.1) is 0 Å². The molecule has 2 aromatic rings. The van der Waals surface area contributed by atoms with Gasteiger partial charge in [0.25, 0.3) is 11.6 Å². The maximum atomic E-state index is 12.9. The van der Waals surface area contributed by atoms with E-state index in [4.69, 9.17) is 0 Å². The minimum absolute atomic E-state index is 0.151. The number of carbonyl (C=O) groups excluding carboxylic acids is 1. The van der Waals surface area contributed by atoms with E-state index in [0.29, 0.717) is 5.56 Å². The Balaban J connectivity index is 1.72. The maximum absolute atomic E-state index is 12.9. The lowest BCUT2D eigenvalue weighted by Gasteiger charge is -2.34. The van der Waals surface area contributed by atoms with Crippen molar-refractivity contribution in [2.24, 2.45) is 0 Å². The SMILES string of the molecule is Cc1ccc(S(=O)(=O)N2CCN(C(=O)c3cccc([N+](=O)[O-])c3)CC2)c(C)c1. The summed E-state index contributed by atoms with van der Waals surface area (Å²) in [7, 11) is -3.64. The van der Waals surface area contributed by atoms with Crippen LogP contribution in [0.1, 0.15) is 21.5 Å². The van der Waals surface area contributed by atoms with E-state index in [9.17, 15) is 23.3 Å². The molecule has 0 aliphatic carbocycles. The third-order valence-corrected chi connectivity index (χ3v) is 6.84. The van der Waals surface area contributed by atoms with Crippen LogP contribution in [0.2, 0.25) is 0 Å². The molecule has 0 spiro atoms. The number of amides is 1. The maximum Gasteiger partial charge on any atom is 0.270 e. The van der Waals surface area contributed by atoms with Gasteiger partial charge >= 0.3 is 0 Å². The van der Waals surface area contributed by atoms with Gasteiger partial charge in [-0.1, -0.05) is 23.8 Å². The second-order valence-electron chi connectivity index (χ2n) is 6.77. The molecule has 8 nitrogen and oxygen atoms in total. The summed E-state index contributed by atoms with van der Waals surface area (Å²) in [5, 5.41) is 10.9. The van der Waals surface area contributed by atoms with E-state index in [1.165, 1.54) is 33.5 Å². The van der Waals surface area contributed by atoms with Gasteiger partial charge in [-0.25, -0.2) is 8.42 Å². The number of nitro groups is 1. The summed E-state index contributed by atoms with van der Waals surface area (Å²) in [6.45, 7) is 4.48. The number of sulfonamides is 1. The lowest BCUT2D eigenvalue weighted by Crippen LogP contribution is -2.50. The standard InChI is InChI=1S/C19H21N3O5S/c1-14-6-7-18(15(2)12-14)28(26,27)21-10-8-20(9-11-21)19(23)16-4-3-5-17(13-16)22(24)25/h3-7,12-13H,8-11H2,1-2H3. The number of hydrogen-bond acceptors (Lipinski definition) is 5. The first-order valence-corrected chi connectivity index (χ1v) is 10.3. The molecule has 0 saturated carbocycles. The number of aryl methyl sites for hydroxylation is 2. The molecule has 28 heavy (non-hydrogen) atoms. The van der Waals surface area contributed by atoms with E-state index in [1.54, 1.807) is 19.1 Å². The average molecular weight is 403 g/mol. The molecule has 3 rings (SSSR count). The van der Waals surface area contributed by atoms with Crippen LogP contribution in [-0.2, 0) is 10.0 Å². The van der Waals surface area contributed by atoms with Crippen molar-refractivity contribution in [1.82, 2.24) is 9.21 Å². The molecule has 1 heterocycles. The summed E-state index contributed by atoms with van der Waals surface area (Å²) < 4.78 is 27.2. The summed E-state index contributed by atoms with van der Waals surface area (Å²) in [4.78, 5) is 24.8. The highest BCUT2D eigenvalue weighted by Gasteiger charge is 2.31. The summed E-state index contributed by atoms with van der Waals surface area (Å²) in [5.74, 6) is -0.340. The molecule has 1 aliphatic rings. The minimum atomic E-state index is -3.64. The monoisotopic (exact) mass is 403 g/mol. The topological polar surface area (TPSA) is 101 Å². The first-order chi connectivity index (χ1) is 13.2. The van der Waals surface area contributed by atoms with Crippen molar-refractivity contribution in [3.63, 3.8) is 0 Å². The Morgan fingerprint density at radius 3 is 2.32 bits per heavy atom. The molecular formula is C19H21N3O5S. The molecule has 148 valence electrons. The van der Waals surface area contributed by atoms with Crippen molar-refractivity contribution in [3.8, 4) is 0 Å². The van der Waals surface area contributed by atoms with E-state index < -0.39 is 14.9 Å². The highest BCUT2D eigenvalue weighted by atomic mass is 32.2. The molecule has 0 atom stereocenters. The number of hydrogen-bond donors (Lipinski definition) is 0. The Morgan fingerprint density at radius 1 is 1.04 bits per heavy atom. The van der Waals surface area contributed by atoms with Crippen molar-refractivity contribution < 1.29 is 18.1 Å². The molecule has 1 aliphatic heterocycles. The van der Waals surface area contributed by atoms with Crippen LogP contribution < -0.4 is 0 Å². The molecule has 0 aromatic heterocycles. The normalized spacial score (nSPS) is 15.4. The van der Waals surface area contributed by atoms with Gasteiger partial charge in [-0.3, -0.25) is 14.9 Å². The largest absolute Gasteiger partial charge is 0.336 e. The highest BCUT2D eigenvalue weighted by Crippen LogP contribution is 2.23. The van der Waals surface area contributed by atoms with Gasteiger partial charge in [0.1, 0.15) is 0 Å². The molecule has 1 amide bonds. The fraction of sp³-hybridized carbons (Fsp3) is 0.316. The summed E-state index contributed by atoms with van der Waals surface area (Å²) >= 11 is 0. The molecule has 0 radical (unpaired) electrons. The summed E-state index contributed by atoms with van der Waals surface area (Å²) in [6, 6.07) is 10.8. The van der Waals surface area contributed by atoms with Gasteiger partial charge in [-0.05, 0) is 31.5 Å². The predicted octanol–water partition coefficient (Wildman–Crippen LogP) is 2.36. The second-order valence-corrected chi connectivity index (χ2v) is 8.68. The molecule has 1 saturated heterocycles. The lowest BCUT2D eigenvalue weighted by atomic mass is 10.1. The molecule has 2 aromatic carbocycles. The van der Waals surface area contributed by atoms with Gasteiger partial charge in [0.2, 0.25) is 10.0 Å². The number of carbonyl (C=O) groups is 1. The van der Waals surface area contributed by atoms with Crippen LogP contribution in [0.15, 0.2) is 47.4 Å². The van der Waals surface area contributed by atoms with Crippen molar-refractivity contribution in [2.45, 2.75) is 18.7 Å². The number of benzene rings is 2. The molecule has 1 fully saturated rings. The Bertz CT molecular complexity index is 1030. The number of piperazine rings is 1. The van der Waals surface area contributed by atoms with E-state index in [2.05, 4.69) is 0 Å². The van der Waals surface area contributed by atoms with Crippen LogP contribution in [0.4, 0.5) is 5.69 Å². The molecule has 0 N–H and O–H groups in total. The zero-order valence-corrected chi connectivity index (χ0v) is 16.5. The zero-order valence-electron chi connectivity index (χ0n) is 15.7. The number of nitrogens with zero attached hydrogens (tertiary/aromatic N) is 3. The van der Waals surface area contributed by atoms with Crippen LogP contribution >= 0.6 is 0 Å². The summed E-state index contributed by atoms with van der Waals surface area (Å²) in [5.41, 5.74) is 1.75. The first kappa shape index (κ1) is 20.0. The smallest absolute Gasteiger partial charge is 0.270 e. The molecule has 0 unspecified atom stereocenters. The van der Waals surface area contributed by atoms with Crippen LogP contribution in [0.25, 0.3) is 0 Å². The van der Waals surface area contributed by atoms with Gasteiger partial charge in [0.05, 0.1) is 9.82 Å². The number of rotatable bonds is 4. The van der Waals surface area contributed by atoms with Crippen LogP contribution in [-0.4, -0.2) is 54.6 Å². The van der Waals surface area contributed by atoms with E-state index in [1.807, 2.05) is 13.0 Å². The van der Waals surface area contributed by atoms with Gasteiger partial charge < -0.3 is 4.90 Å². The van der Waals surface area contributed by atoms with Crippen molar-refractivity contribution in [1.29, 1.82) is 0 Å². The van der Waals surface area contributed by atoms with Gasteiger partial charge in [0, 0.05) is 43.9 Å². The van der Waals surface area contributed by atoms with Crippen LogP contribution in [0.5, 0.6) is 0 Å². The Hall–Kier alpha value is -2.78. The van der Waals surface area contributed by atoms with Crippen molar-refractivity contribution >= 4 is 21.6 Å². The third kappa shape index (κ3) is 3.90. The Labute approximate surface area is 163 Å². The minimum Gasteiger partial charge on any atom is -0.336 e. The first-order valence-electron chi connectivity index (χ1n) is 8.81. The summed E-state index contributed by atoms with van der Waals surface area (Å²) in [6.07, 6.45) is 0. The second kappa shape index (κ2) is 7.69. The fourth-order valence-electron chi connectivity index (χ4n) is 3.29. The van der Waals surface area contributed by atoms with E-state index in [0.717, 1.165) is 5.56 Å².